The Labute approximate surface area is 246 Å². The number of aliphatic hydroxyl groups excluding tert-OH is 3. The second kappa shape index (κ2) is 11.5. The zero-order valence-corrected chi connectivity index (χ0v) is 22.3. The van der Waals surface area contributed by atoms with Crippen LogP contribution >= 0.6 is 0 Å². The van der Waals surface area contributed by atoms with Crippen LogP contribution in [0.15, 0.2) is 36.4 Å². The highest BCUT2D eigenvalue weighted by Gasteiger charge is 2.46. The van der Waals surface area contributed by atoms with Crippen molar-refractivity contribution in [3.63, 3.8) is 0 Å². The molecule has 2 heterocycles. The Balaban J connectivity index is 1.34. The number of rotatable bonds is 6. The molecule has 0 amide bonds. The van der Waals surface area contributed by atoms with Gasteiger partial charge in [-0.05, 0) is 24.3 Å². The van der Waals surface area contributed by atoms with Crippen molar-refractivity contribution in [3.05, 3.63) is 53.1 Å². The number of phenolic OH excluding ortho intramolecular Hbond substituents is 7. The van der Waals surface area contributed by atoms with E-state index < -0.39 is 95.4 Å². The fourth-order valence-electron chi connectivity index (χ4n) is 4.74. The Morgan fingerprint density at radius 1 is 0.795 bits per heavy atom. The predicted octanol–water partition coefficient (Wildman–Crippen LogP) is 0.376. The first-order chi connectivity index (χ1) is 20.7. The molecule has 2 aliphatic rings. The summed E-state index contributed by atoms with van der Waals surface area (Å²) < 4.78 is 21.8. The topological polar surface area (TPSA) is 273 Å². The van der Waals surface area contributed by atoms with Crippen LogP contribution in [0.2, 0.25) is 0 Å². The SMILES string of the molecule is O=C(OC[C@H]1O[C@@H](Oc2cc([C@H]3CC(=O)c4c(O)cc(O)cc4O3)cc(O)c2O)[C@H](O)[C@@H](O)[C@@H]1O)c1cc(O)c(O)c(O)c1. The van der Waals surface area contributed by atoms with Crippen LogP contribution in [0.4, 0.5) is 0 Å². The summed E-state index contributed by atoms with van der Waals surface area (Å²) in [6.45, 7) is -0.750. The van der Waals surface area contributed by atoms with Gasteiger partial charge >= 0.3 is 5.97 Å². The number of aliphatic hydroxyl groups is 3. The third-order valence-electron chi connectivity index (χ3n) is 7.03. The van der Waals surface area contributed by atoms with Crippen molar-refractivity contribution < 1.29 is 79.6 Å². The molecule has 3 aromatic rings. The highest BCUT2D eigenvalue weighted by molar-refractivity contribution is 6.02. The van der Waals surface area contributed by atoms with Crippen molar-refractivity contribution in [2.24, 2.45) is 0 Å². The summed E-state index contributed by atoms with van der Waals surface area (Å²) in [6, 6.07) is 5.87. The summed E-state index contributed by atoms with van der Waals surface area (Å²) in [6.07, 6.45) is -10.5. The van der Waals surface area contributed by atoms with Crippen LogP contribution in [-0.4, -0.2) is 100 Å². The van der Waals surface area contributed by atoms with Crippen molar-refractivity contribution in [2.75, 3.05) is 6.61 Å². The van der Waals surface area contributed by atoms with Crippen molar-refractivity contribution in [1.82, 2.24) is 0 Å². The van der Waals surface area contributed by atoms with Crippen LogP contribution < -0.4 is 9.47 Å². The van der Waals surface area contributed by atoms with Crippen molar-refractivity contribution >= 4 is 11.8 Å². The van der Waals surface area contributed by atoms with E-state index in [1.807, 2.05) is 0 Å². The molecule has 2 aliphatic heterocycles. The van der Waals surface area contributed by atoms with Crippen molar-refractivity contribution in [2.45, 2.75) is 43.2 Å². The van der Waals surface area contributed by atoms with E-state index >= 15 is 0 Å². The highest BCUT2D eigenvalue weighted by Crippen LogP contribution is 2.45. The lowest BCUT2D eigenvalue weighted by Gasteiger charge is -2.40. The van der Waals surface area contributed by atoms with Crippen LogP contribution in [0.1, 0.15) is 38.8 Å². The number of phenols is 7. The van der Waals surface area contributed by atoms with Gasteiger partial charge in [0, 0.05) is 17.7 Å². The maximum absolute atomic E-state index is 12.7. The number of hydrogen-bond donors (Lipinski definition) is 10. The van der Waals surface area contributed by atoms with E-state index in [1.165, 1.54) is 0 Å². The van der Waals surface area contributed by atoms with Gasteiger partial charge in [0.1, 0.15) is 59.9 Å². The summed E-state index contributed by atoms with van der Waals surface area (Å²) in [4.78, 5) is 25.1. The number of ether oxygens (including phenoxy) is 4. The molecule has 0 unspecified atom stereocenters. The molecule has 0 aliphatic carbocycles. The van der Waals surface area contributed by atoms with Crippen molar-refractivity contribution in [3.8, 4) is 51.7 Å². The number of fused-ring (bicyclic) bond motifs is 1. The lowest BCUT2D eigenvalue weighted by atomic mass is 9.95. The van der Waals surface area contributed by atoms with Gasteiger partial charge in [0.2, 0.25) is 12.0 Å². The van der Waals surface area contributed by atoms with Crippen LogP contribution in [0, 0.1) is 0 Å². The number of Topliss-reactive ketones (excluding diaryl/α,β-unsaturated/α-hetero) is 1. The van der Waals surface area contributed by atoms with Crippen molar-refractivity contribution in [1.29, 1.82) is 0 Å². The van der Waals surface area contributed by atoms with Gasteiger partial charge in [0.15, 0.2) is 34.5 Å². The van der Waals surface area contributed by atoms with E-state index in [0.717, 1.165) is 36.4 Å². The molecular formula is C28H26O16. The lowest BCUT2D eigenvalue weighted by Crippen LogP contribution is -2.60. The minimum Gasteiger partial charge on any atom is -0.508 e. The zero-order valence-electron chi connectivity index (χ0n) is 22.3. The molecule has 6 atom stereocenters. The summed E-state index contributed by atoms with van der Waals surface area (Å²) in [5, 5.41) is 101. The van der Waals surface area contributed by atoms with E-state index in [2.05, 4.69) is 0 Å². The molecule has 0 saturated carbocycles. The molecule has 16 nitrogen and oxygen atoms in total. The molecule has 234 valence electrons. The molecule has 0 bridgehead atoms. The summed E-state index contributed by atoms with van der Waals surface area (Å²) in [7, 11) is 0. The first-order valence-corrected chi connectivity index (χ1v) is 12.8. The molecule has 1 saturated heterocycles. The highest BCUT2D eigenvalue weighted by atomic mass is 16.7. The molecule has 44 heavy (non-hydrogen) atoms. The standard InChI is InChI=1S/C28H26O16/c29-11-5-12(30)21-13(31)7-17(42-18(21)6-11)9-1-16(34)23(36)19(4-9)43-28-26(39)25(38)24(37)20(44-28)8-41-27(40)10-2-14(32)22(35)15(33)3-10/h1-6,17,20,24-26,28-30,32-39H,7-8H2/t17-,20-,24-,25+,26-,28-/m1/s1. The average Bonchev–Trinajstić information content (AvgIpc) is 2.96. The van der Waals surface area contributed by atoms with Crippen LogP contribution in [-0.2, 0) is 9.47 Å². The molecule has 0 radical (unpaired) electrons. The summed E-state index contributed by atoms with van der Waals surface area (Å²) >= 11 is 0. The summed E-state index contributed by atoms with van der Waals surface area (Å²) in [5.41, 5.74) is -0.463. The number of carbonyl (C=O) groups is 2. The van der Waals surface area contributed by atoms with Gasteiger partial charge in [-0.15, -0.1) is 0 Å². The first-order valence-electron chi connectivity index (χ1n) is 12.8. The molecular weight excluding hydrogens is 592 g/mol. The van der Waals surface area contributed by atoms with E-state index in [-0.39, 0.29) is 34.6 Å². The van der Waals surface area contributed by atoms with E-state index in [1.54, 1.807) is 0 Å². The van der Waals surface area contributed by atoms with E-state index in [0.29, 0.717) is 0 Å². The normalized spacial score (nSPS) is 24.7. The van der Waals surface area contributed by atoms with Gasteiger partial charge in [-0.1, -0.05) is 0 Å². The Bertz CT molecular complexity index is 1600. The molecule has 10 N–H and O–H groups in total. The van der Waals surface area contributed by atoms with Gasteiger partial charge in [-0.3, -0.25) is 4.79 Å². The Hall–Kier alpha value is -5.16. The Morgan fingerprint density at radius 2 is 1.45 bits per heavy atom. The minimum atomic E-state index is -1.93. The molecule has 5 rings (SSSR count). The molecule has 1 fully saturated rings. The maximum Gasteiger partial charge on any atom is 0.338 e. The van der Waals surface area contributed by atoms with Crippen LogP contribution in [0.25, 0.3) is 0 Å². The average molecular weight is 619 g/mol. The monoisotopic (exact) mass is 618 g/mol. The third kappa shape index (κ3) is 5.61. The predicted molar refractivity (Wildman–Crippen MR) is 141 cm³/mol. The van der Waals surface area contributed by atoms with Crippen LogP contribution in [0.3, 0.4) is 0 Å². The molecule has 3 aromatic carbocycles. The second-order valence-corrected chi connectivity index (χ2v) is 10.1. The zero-order chi connectivity index (χ0) is 32.0. The minimum absolute atomic E-state index is 0.0777. The number of hydrogen-bond acceptors (Lipinski definition) is 16. The fraction of sp³-hybridized carbons (Fsp3) is 0.286. The fourth-order valence-corrected chi connectivity index (χ4v) is 4.74. The number of esters is 1. The first kappa shape index (κ1) is 30.3. The molecule has 0 aromatic heterocycles. The number of ketones is 1. The van der Waals surface area contributed by atoms with Gasteiger partial charge in [0.05, 0.1) is 12.0 Å². The van der Waals surface area contributed by atoms with Gasteiger partial charge in [-0.25, -0.2) is 4.79 Å². The lowest BCUT2D eigenvalue weighted by molar-refractivity contribution is -0.277. The van der Waals surface area contributed by atoms with Gasteiger partial charge in [-0.2, -0.15) is 0 Å². The van der Waals surface area contributed by atoms with Crippen LogP contribution in [0.5, 0.6) is 51.7 Å². The quantitative estimate of drug-likeness (QED) is 0.132. The number of benzene rings is 3. The Morgan fingerprint density at radius 3 is 2.14 bits per heavy atom. The second-order valence-electron chi connectivity index (χ2n) is 10.1. The number of aromatic hydroxyl groups is 7. The maximum atomic E-state index is 12.7. The molecule has 0 spiro atoms. The largest absolute Gasteiger partial charge is 0.508 e. The van der Waals surface area contributed by atoms with Gasteiger partial charge in [0.25, 0.3) is 0 Å². The van der Waals surface area contributed by atoms with E-state index in [4.69, 9.17) is 18.9 Å². The molecule has 16 heteroatoms. The summed E-state index contributed by atoms with van der Waals surface area (Å²) in [5.74, 6) is -7.29. The third-order valence-corrected chi connectivity index (χ3v) is 7.03. The Kier molecular flexibility index (Phi) is 7.92. The van der Waals surface area contributed by atoms with E-state index in [9.17, 15) is 60.7 Å². The van der Waals surface area contributed by atoms with Gasteiger partial charge < -0.3 is 70.0 Å². The smallest absolute Gasteiger partial charge is 0.338 e. The number of carbonyl (C=O) groups excluding carboxylic acids is 2.